The second-order valence-electron chi connectivity index (χ2n) is 6.73. The van der Waals surface area contributed by atoms with Crippen LogP contribution in [0.3, 0.4) is 0 Å². The zero-order valence-electron chi connectivity index (χ0n) is 16.8. The SMILES string of the molecule is CCCCn1c(=O)[nH]c2nc[nH]c2c1=O.CCCCn1c(=O)[nH]c2nc[nH]c2c1=O. The average Bonchev–Trinajstić information content (AvgIpc) is 3.38. The summed E-state index contributed by atoms with van der Waals surface area (Å²) in [5.74, 6) is 0. The fraction of sp³-hybridized carbons (Fsp3) is 0.444. The van der Waals surface area contributed by atoms with E-state index in [0.29, 0.717) is 35.4 Å². The molecule has 0 saturated carbocycles. The number of hydrogen-bond donors (Lipinski definition) is 4. The molecule has 4 rings (SSSR count). The van der Waals surface area contributed by atoms with Gasteiger partial charge in [0.05, 0.1) is 12.7 Å². The fourth-order valence-corrected chi connectivity index (χ4v) is 2.93. The monoisotopic (exact) mass is 416 g/mol. The zero-order chi connectivity index (χ0) is 21.7. The van der Waals surface area contributed by atoms with Crippen molar-refractivity contribution >= 4 is 22.3 Å². The summed E-state index contributed by atoms with van der Waals surface area (Å²) >= 11 is 0. The topological polar surface area (TPSA) is 167 Å². The standard InChI is InChI=1S/2C9H12N4O2/c2*1-2-3-4-13-8(14)6-7(11-5-10-6)12-9(13)15/h2*5H,2-4H2,1H3,(H,10,11)(H,12,15). The molecule has 0 spiro atoms. The van der Waals surface area contributed by atoms with Gasteiger partial charge < -0.3 is 9.97 Å². The lowest BCUT2D eigenvalue weighted by Crippen LogP contribution is -2.35. The Bertz CT molecular complexity index is 1260. The van der Waals surface area contributed by atoms with Crippen molar-refractivity contribution in [2.75, 3.05) is 0 Å². The van der Waals surface area contributed by atoms with Gasteiger partial charge in [0.15, 0.2) is 11.3 Å². The van der Waals surface area contributed by atoms with Gasteiger partial charge in [-0.2, -0.15) is 0 Å². The van der Waals surface area contributed by atoms with Gasteiger partial charge in [-0.05, 0) is 12.8 Å². The minimum absolute atomic E-state index is 0.306. The van der Waals surface area contributed by atoms with Gasteiger partial charge in [0.2, 0.25) is 0 Å². The van der Waals surface area contributed by atoms with Crippen LogP contribution in [0.1, 0.15) is 39.5 Å². The van der Waals surface area contributed by atoms with Crippen molar-refractivity contribution in [1.29, 1.82) is 0 Å². The number of nitrogens with one attached hydrogen (secondary N) is 4. The molecule has 160 valence electrons. The van der Waals surface area contributed by atoms with E-state index in [1.165, 1.54) is 21.8 Å². The number of hydrogen-bond acceptors (Lipinski definition) is 6. The van der Waals surface area contributed by atoms with Crippen LogP contribution in [-0.4, -0.2) is 39.0 Å². The molecule has 12 nitrogen and oxygen atoms in total. The first-order chi connectivity index (χ1) is 14.5. The van der Waals surface area contributed by atoms with Crippen LogP contribution in [0.4, 0.5) is 0 Å². The van der Waals surface area contributed by atoms with Crippen molar-refractivity contribution in [2.45, 2.75) is 52.6 Å². The van der Waals surface area contributed by atoms with E-state index in [2.05, 4.69) is 29.9 Å². The third kappa shape index (κ3) is 4.16. The lowest BCUT2D eigenvalue weighted by Gasteiger charge is -2.01. The van der Waals surface area contributed by atoms with E-state index in [-0.39, 0.29) is 11.1 Å². The van der Waals surface area contributed by atoms with Crippen molar-refractivity contribution in [3.8, 4) is 0 Å². The molecule has 0 radical (unpaired) electrons. The maximum absolute atomic E-state index is 11.8. The highest BCUT2D eigenvalue weighted by Crippen LogP contribution is 1.97. The van der Waals surface area contributed by atoms with Crippen LogP contribution in [-0.2, 0) is 13.1 Å². The summed E-state index contributed by atoms with van der Waals surface area (Å²) < 4.78 is 2.40. The smallest absolute Gasteiger partial charge is 0.330 e. The summed E-state index contributed by atoms with van der Waals surface area (Å²) in [5, 5.41) is 0. The highest BCUT2D eigenvalue weighted by atomic mass is 16.2. The Morgan fingerprint density at radius 2 is 1.13 bits per heavy atom. The van der Waals surface area contributed by atoms with E-state index in [1.54, 1.807) is 0 Å². The first kappa shape index (κ1) is 21.0. The number of imidazole rings is 2. The highest BCUT2D eigenvalue weighted by Gasteiger charge is 2.09. The van der Waals surface area contributed by atoms with Gasteiger partial charge in [0.1, 0.15) is 11.0 Å². The number of fused-ring (bicyclic) bond motifs is 2. The number of unbranched alkanes of at least 4 members (excludes halogenated alkanes) is 2. The summed E-state index contributed by atoms with van der Waals surface area (Å²) in [6.45, 7) is 4.90. The Kier molecular flexibility index (Phi) is 6.45. The van der Waals surface area contributed by atoms with Crippen molar-refractivity contribution in [2.24, 2.45) is 0 Å². The summed E-state index contributed by atoms with van der Waals surface area (Å²) in [5.41, 5.74) is -0.0626. The summed E-state index contributed by atoms with van der Waals surface area (Å²) in [6, 6.07) is 0. The van der Waals surface area contributed by atoms with E-state index in [0.717, 1.165) is 25.7 Å². The molecule has 4 heterocycles. The summed E-state index contributed by atoms with van der Waals surface area (Å²) in [6.07, 6.45) is 6.28. The Morgan fingerprint density at radius 1 is 0.733 bits per heavy atom. The van der Waals surface area contributed by atoms with Gasteiger partial charge in [-0.1, -0.05) is 26.7 Å². The molecule has 30 heavy (non-hydrogen) atoms. The van der Waals surface area contributed by atoms with Gasteiger partial charge in [-0.25, -0.2) is 19.6 Å². The molecule has 4 aromatic rings. The quantitative estimate of drug-likeness (QED) is 0.355. The van der Waals surface area contributed by atoms with Crippen LogP contribution >= 0.6 is 0 Å². The zero-order valence-corrected chi connectivity index (χ0v) is 16.8. The van der Waals surface area contributed by atoms with Crippen molar-refractivity contribution < 1.29 is 0 Å². The molecule has 0 fully saturated rings. The first-order valence-electron chi connectivity index (χ1n) is 9.80. The first-order valence-corrected chi connectivity index (χ1v) is 9.80. The van der Waals surface area contributed by atoms with Crippen LogP contribution in [0.25, 0.3) is 22.3 Å². The molecule has 4 aromatic heterocycles. The summed E-state index contributed by atoms with van der Waals surface area (Å²) in [7, 11) is 0. The summed E-state index contributed by atoms with van der Waals surface area (Å²) in [4.78, 5) is 64.8. The Balaban J connectivity index is 0.000000171. The number of rotatable bonds is 6. The van der Waals surface area contributed by atoms with Crippen LogP contribution in [0.2, 0.25) is 0 Å². The molecule has 0 aliphatic carbocycles. The number of H-pyrrole nitrogens is 4. The van der Waals surface area contributed by atoms with E-state index >= 15 is 0 Å². The largest absolute Gasteiger partial charge is 0.339 e. The molecule has 4 N–H and O–H groups in total. The van der Waals surface area contributed by atoms with Gasteiger partial charge >= 0.3 is 11.4 Å². The average molecular weight is 416 g/mol. The molecular weight excluding hydrogens is 392 g/mol. The van der Waals surface area contributed by atoms with E-state index in [4.69, 9.17) is 0 Å². The predicted molar refractivity (Wildman–Crippen MR) is 112 cm³/mol. The maximum Gasteiger partial charge on any atom is 0.330 e. The molecule has 0 aromatic carbocycles. The Morgan fingerprint density at radius 3 is 1.50 bits per heavy atom. The normalized spacial score (nSPS) is 11.0. The Hall–Kier alpha value is -3.70. The third-order valence-corrected chi connectivity index (χ3v) is 4.61. The number of aromatic amines is 4. The van der Waals surface area contributed by atoms with E-state index in [9.17, 15) is 19.2 Å². The molecular formula is C18H24N8O4. The van der Waals surface area contributed by atoms with Crippen LogP contribution in [0.15, 0.2) is 31.8 Å². The second-order valence-corrected chi connectivity index (χ2v) is 6.73. The van der Waals surface area contributed by atoms with Crippen molar-refractivity contribution in [3.63, 3.8) is 0 Å². The molecule has 0 unspecified atom stereocenters. The minimum Gasteiger partial charge on any atom is -0.339 e. The second kappa shape index (κ2) is 9.20. The molecule has 0 amide bonds. The number of nitrogens with zero attached hydrogens (tertiary/aromatic N) is 4. The van der Waals surface area contributed by atoms with Crippen LogP contribution in [0, 0.1) is 0 Å². The van der Waals surface area contributed by atoms with Gasteiger partial charge in [0.25, 0.3) is 11.1 Å². The molecule has 0 aliphatic heterocycles. The van der Waals surface area contributed by atoms with Crippen molar-refractivity contribution in [1.82, 2.24) is 39.0 Å². The predicted octanol–water partition coefficient (Wildman–Crippen LogP) is 0.426. The molecule has 0 atom stereocenters. The lowest BCUT2D eigenvalue weighted by atomic mass is 10.3. The Labute approximate surface area is 169 Å². The van der Waals surface area contributed by atoms with Gasteiger partial charge in [-0.3, -0.25) is 28.7 Å². The molecule has 0 bridgehead atoms. The van der Waals surface area contributed by atoms with Crippen LogP contribution < -0.4 is 22.5 Å². The number of aromatic nitrogens is 8. The molecule has 12 heteroatoms. The van der Waals surface area contributed by atoms with E-state index < -0.39 is 11.4 Å². The van der Waals surface area contributed by atoms with E-state index in [1.807, 2.05) is 13.8 Å². The van der Waals surface area contributed by atoms with Crippen LogP contribution in [0.5, 0.6) is 0 Å². The lowest BCUT2D eigenvalue weighted by molar-refractivity contribution is 0.588. The third-order valence-electron chi connectivity index (χ3n) is 4.61. The van der Waals surface area contributed by atoms with Crippen molar-refractivity contribution in [3.05, 3.63) is 54.3 Å². The minimum atomic E-state index is -0.395. The van der Waals surface area contributed by atoms with Gasteiger partial charge in [-0.15, -0.1) is 0 Å². The maximum atomic E-state index is 11.8. The van der Waals surface area contributed by atoms with Gasteiger partial charge in [0, 0.05) is 13.1 Å². The fourth-order valence-electron chi connectivity index (χ4n) is 2.93. The molecule has 0 saturated heterocycles. The molecule has 0 aliphatic rings. The highest BCUT2D eigenvalue weighted by molar-refractivity contribution is 5.68.